The van der Waals surface area contributed by atoms with E-state index in [1.807, 2.05) is 40.7 Å². The molecule has 0 atom stereocenters. The van der Waals surface area contributed by atoms with Crippen LogP contribution in [-0.4, -0.2) is 30.4 Å². The van der Waals surface area contributed by atoms with Crippen molar-refractivity contribution >= 4 is 12.6 Å². The van der Waals surface area contributed by atoms with Crippen LogP contribution in [0.2, 0.25) is 0 Å². The molecule has 5 heteroatoms. The Hall–Kier alpha value is -1.07. The normalized spacial score (nSPS) is 21.1. The maximum atomic E-state index is 6.00. The molecule has 0 radical (unpaired) electrons. The summed E-state index contributed by atoms with van der Waals surface area (Å²) in [5.74, 6) is 0.604. The van der Waals surface area contributed by atoms with Crippen LogP contribution in [-0.2, 0) is 9.31 Å². The molecule has 1 aliphatic heterocycles. The van der Waals surface area contributed by atoms with Crippen molar-refractivity contribution in [2.45, 2.75) is 45.8 Å². The van der Waals surface area contributed by atoms with Crippen LogP contribution < -0.4 is 10.2 Å². The Labute approximate surface area is 109 Å². The third-order valence-corrected chi connectivity index (χ3v) is 3.84. The van der Waals surface area contributed by atoms with Crippen LogP contribution in [0.15, 0.2) is 12.3 Å². The summed E-state index contributed by atoms with van der Waals surface area (Å²) in [6, 6.07) is 1.89. The van der Waals surface area contributed by atoms with Crippen molar-refractivity contribution in [3.63, 3.8) is 0 Å². The van der Waals surface area contributed by atoms with Gasteiger partial charge < -0.3 is 14.0 Å². The number of hydrogen-bond donors (Lipinski definition) is 0. The average molecular weight is 249 g/mol. The van der Waals surface area contributed by atoms with E-state index in [0.29, 0.717) is 5.88 Å². The molecule has 1 aromatic rings. The number of methoxy groups -OCH3 is 1. The maximum absolute atomic E-state index is 6.00. The molecule has 0 unspecified atom stereocenters. The largest absolute Gasteiger partial charge is 0.496 e. The van der Waals surface area contributed by atoms with E-state index in [0.717, 1.165) is 11.0 Å². The standard InChI is InChI=1S/C13H20BNO3/c1-9-7-11(16-6)15-8-10(9)14-17-12(2,3)13(4,5)18-14/h7-8H,1-6H3. The van der Waals surface area contributed by atoms with E-state index < -0.39 is 0 Å². The molecule has 0 aromatic carbocycles. The summed E-state index contributed by atoms with van der Waals surface area (Å²) in [5.41, 5.74) is 1.35. The summed E-state index contributed by atoms with van der Waals surface area (Å²) >= 11 is 0. The highest BCUT2D eigenvalue weighted by Gasteiger charge is 2.52. The zero-order valence-corrected chi connectivity index (χ0v) is 11.9. The van der Waals surface area contributed by atoms with E-state index in [2.05, 4.69) is 4.98 Å². The van der Waals surface area contributed by atoms with Gasteiger partial charge in [-0.15, -0.1) is 0 Å². The summed E-state index contributed by atoms with van der Waals surface area (Å²) in [6.45, 7) is 10.2. The summed E-state index contributed by atoms with van der Waals surface area (Å²) < 4.78 is 17.1. The summed E-state index contributed by atoms with van der Waals surface area (Å²) in [4.78, 5) is 4.22. The molecule has 0 saturated carbocycles. The first-order valence-corrected chi connectivity index (χ1v) is 6.13. The quantitative estimate of drug-likeness (QED) is 0.748. The number of aryl methyl sites for hydroxylation is 1. The van der Waals surface area contributed by atoms with E-state index in [9.17, 15) is 0 Å². The van der Waals surface area contributed by atoms with Crippen LogP contribution in [0.25, 0.3) is 0 Å². The van der Waals surface area contributed by atoms with Crippen LogP contribution in [0.5, 0.6) is 5.88 Å². The molecular weight excluding hydrogens is 229 g/mol. The lowest BCUT2D eigenvalue weighted by Crippen LogP contribution is -2.41. The van der Waals surface area contributed by atoms with Gasteiger partial charge in [0.15, 0.2) is 0 Å². The van der Waals surface area contributed by atoms with Crippen molar-refractivity contribution in [2.75, 3.05) is 7.11 Å². The van der Waals surface area contributed by atoms with E-state index in [-0.39, 0.29) is 18.3 Å². The van der Waals surface area contributed by atoms with Gasteiger partial charge in [0.05, 0.1) is 18.3 Å². The van der Waals surface area contributed by atoms with Gasteiger partial charge >= 0.3 is 7.12 Å². The highest BCUT2D eigenvalue weighted by Crippen LogP contribution is 2.36. The van der Waals surface area contributed by atoms with Crippen molar-refractivity contribution < 1.29 is 14.0 Å². The van der Waals surface area contributed by atoms with Gasteiger partial charge in [0.2, 0.25) is 5.88 Å². The van der Waals surface area contributed by atoms with E-state index in [1.165, 1.54) is 0 Å². The molecule has 0 amide bonds. The predicted molar refractivity (Wildman–Crippen MR) is 71.2 cm³/mol. The first-order valence-electron chi connectivity index (χ1n) is 6.13. The lowest BCUT2D eigenvalue weighted by Gasteiger charge is -2.32. The summed E-state index contributed by atoms with van der Waals surface area (Å²) in [5, 5.41) is 0. The Morgan fingerprint density at radius 2 is 1.72 bits per heavy atom. The zero-order valence-electron chi connectivity index (χ0n) is 11.9. The molecular formula is C13H20BNO3. The highest BCUT2D eigenvalue weighted by molar-refractivity contribution is 6.62. The fourth-order valence-corrected chi connectivity index (χ4v) is 1.87. The monoisotopic (exact) mass is 249 g/mol. The third-order valence-electron chi connectivity index (χ3n) is 3.84. The second-order valence-corrected chi connectivity index (χ2v) is 5.67. The summed E-state index contributed by atoms with van der Waals surface area (Å²) in [6.07, 6.45) is 1.76. The van der Waals surface area contributed by atoms with E-state index >= 15 is 0 Å². The number of rotatable bonds is 2. The Morgan fingerprint density at radius 3 is 2.17 bits per heavy atom. The molecule has 0 aliphatic carbocycles. The molecule has 1 aliphatic rings. The number of aromatic nitrogens is 1. The van der Waals surface area contributed by atoms with Gasteiger partial charge in [-0.2, -0.15) is 0 Å². The molecule has 4 nitrogen and oxygen atoms in total. The minimum absolute atomic E-state index is 0.329. The molecule has 0 bridgehead atoms. The van der Waals surface area contributed by atoms with Gasteiger partial charge in [0.1, 0.15) is 0 Å². The van der Waals surface area contributed by atoms with Crippen molar-refractivity contribution in [2.24, 2.45) is 0 Å². The van der Waals surface area contributed by atoms with Gasteiger partial charge in [-0.05, 0) is 40.2 Å². The molecule has 0 spiro atoms. The summed E-state index contributed by atoms with van der Waals surface area (Å²) in [7, 11) is 1.24. The molecule has 0 N–H and O–H groups in total. The van der Waals surface area contributed by atoms with Gasteiger partial charge in [0.25, 0.3) is 0 Å². The van der Waals surface area contributed by atoms with Crippen LogP contribution in [0.1, 0.15) is 33.3 Å². The number of nitrogens with zero attached hydrogens (tertiary/aromatic N) is 1. The van der Waals surface area contributed by atoms with Gasteiger partial charge in [0, 0.05) is 17.7 Å². The van der Waals surface area contributed by atoms with Crippen molar-refractivity contribution in [1.82, 2.24) is 4.98 Å². The second-order valence-electron chi connectivity index (χ2n) is 5.67. The lowest BCUT2D eigenvalue weighted by molar-refractivity contribution is 0.00578. The first kappa shape index (κ1) is 13.4. The van der Waals surface area contributed by atoms with Crippen LogP contribution in [0.4, 0.5) is 0 Å². The van der Waals surface area contributed by atoms with Crippen LogP contribution in [0, 0.1) is 6.92 Å². The Kier molecular flexibility index (Phi) is 3.15. The molecule has 2 rings (SSSR count). The van der Waals surface area contributed by atoms with Crippen molar-refractivity contribution in [3.05, 3.63) is 17.8 Å². The molecule has 1 aromatic heterocycles. The Morgan fingerprint density at radius 1 is 1.17 bits per heavy atom. The zero-order chi connectivity index (χ0) is 13.6. The highest BCUT2D eigenvalue weighted by atomic mass is 16.7. The molecule has 2 heterocycles. The molecule has 18 heavy (non-hydrogen) atoms. The lowest BCUT2D eigenvalue weighted by atomic mass is 9.77. The van der Waals surface area contributed by atoms with Gasteiger partial charge in [-0.3, -0.25) is 0 Å². The fourth-order valence-electron chi connectivity index (χ4n) is 1.87. The van der Waals surface area contributed by atoms with Crippen molar-refractivity contribution in [1.29, 1.82) is 0 Å². The minimum atomic E-state index is -0.367. The topological polar surface area (TPSA) is 40.6 Å². The van der Waals surface area contributed by atoms with Gasteiger partial charge in [-0.25, -0.2) is 4.98 Å². The third kappa shape index (κ3) is 2.13. The minimum Gasteiger partial charge on any atom is -0.481 e. The first-order chi connectivity index (χ1) is 8.27. The van der Waals surface area contributed by atoms with Crippen LogP contribution >= 0.6 is 0 Å². The average Bonchev–Trinajstić information content (AvgIpc) is 2.47. The molecule has 98 valence electrons. The smallest absolute Gasteiger partial charge is 0.481 e. The van der Waals surface area contributed by atoms with Crippen LogP contribution in [0.3, 0.4) is 0 Å². The van der Waals surface area contributed by atoms with E-state index in [1.54, 1.807) is 13.3 Å². The number of ether oxygens (including phenoxy) is 1. The van der Waals surface area contributed by atoms with E-state index in [4.69, 9.17) is 14.0 Å². The second kappa shape index (κ2) is 4.25. The van der Waals surface area contributed by atoms with Gasteiger partial charge in [-0.1, -0.05) is 0 Å². The Bertz CT molecular complexity index is 444. The predicted octanol–water partition coefficient (Wildman–Crippen LogP) is 1.70. The molecule has 1 fully saturated rings. The number of hydrogen-bond acceptors (Lipinski definition) is 4. The SMILES string of the molecule is COc1cc(C)c(B2OC(C)(C)C(C)(C)O2)cn1. The number of pyridine rings is 1. The Balaban J connectivity index is 2.30. The molecule has 1 saturated heterocycles. The fraction of sp³-hybridized carbons (Fsp3) is 0.615. The maximum Gasteiger partial charge on any atom is 0.496 e. The van der Waals surface area contributed by atoms with Crippen molar-refractivity contribution in [3.8, 4) is 5.88 Å².